The summed E-state index contributed by atoms with van der Waals surface area (Å²) < 4.78 is 5.30. The normalized spacial score (nSPS) is 9.07. The van der Waals surface area contributed by atoms with Crippen LogP contribution in [0.15, 0.2) is 30.3 Å². The Morgan fingerprint density at radius 1 is 1.21 bits per heavy atom. The molecule has 0 bridgehead atoms. The molecule has 1 rings (SSSR count). The van der Waals surface area contributed by atoms with Crippen molar-refractivity contribution in [1.82, 2.24) is 0 Å². The first kappa shape index (κ1) is 13.1. The van der Waals surface area contributed by atoms with Crippen LogP contribution in [-0.2, 0) is 11.3 Å². The lowest BCUT2D eigenvalue weighted by Gasteiger charge is -2.01. The first-order valence-electron chi connectivity index (χ1n) is 4.74. The number of nitrogens with two attached hydrogens (primary N) is 1. The first-order valence-corrected chi connectivity index (χ1v) is 4.74. The Hall–Kier alpha value is -0.900. The number of benzene rings is 1. The van der Waals surface area contributed by atoms with E-state index in [0.717, 1.165) is 0 Å². The van der Waals surface area contributed by atoms with Gasteiger partial charge in [0.1, 0.15) is 0 Å². The van der Waals surface area contributed by atoms with Crippen molar-refractivity contribution in [3.05, 3.63) is 35.9 Å². The third-order valence-corrected chi connectivity index (χ3v) is 1.56. The minimum absolute atomic E-state index is 0.203. The molecule has 0 amide bonds. The lowest BCUT2D eigenvalue weighted by molar-refractivity contribution is 0.104. The van der Waals surface area contributed by atoms with E-state index in [-0.39, 0.29) is 6.61 Å². The van der Waals surface area contributed by atoms with Crippen molar-refractivity contribution in [2.75, 3.05) is 20.3 Å². The van der Waals surface area contributed by atoms with Crippen LogP contribution >= 0.6 is 0 Å². The van der Waals surface area contributed by atoms with Gasteiger partial charge in [-0.25, -0.2) is 0 Å². The van der Waals surface area contributed by atoms with Gasteiger partial charge in [0.15, 0.2) is 0 Å². The van der Waals surface area contributed by atoms with Gasteiger partial charge < -0.3 is 15.6 Å². The maximum Gasteiger partial charge on any atom is 0.0716 e. The molecule has 0 heterocycles. The van der Waals surface area contributed by atoms with E-state index in [9.17, 15) is 0 Å². The minimum atomic E-state index is 0.203. The number of rotatable bonds is 5. The fourth-order valence-electron chi connectivity index (χ4n) is 0.931. The summed E-state index contributed by atoms with van der Waals surface area (Å²) in [6.45, 7) is 1.47. The maximum absolute atomic E-state index is 8.48. The molecule has 3 nitrogen and oxygen atoms in total. The van der Waals surface area contributed by atoms with Crippen molar-refractivity contribution in [3.8, 4) is 0 Å². The molecule has 0 saturated heterocycles. The summed E-state index contributed by atoms with van der Waals surface area (Å²) in [4.78, 5) is 0. The molecule has 0 radical (unpaired) electrons. The summed E-state index contributed by atoms with van der Waals surface area (Å²) in [6, 6.07) is 10.0. The smallest absolute Gasteiger partial charge is 0.0716 e. The average molecular weight is 197 g/mol. The van der Waals surface area contributed by atoms with E-state index < -0.39 is 0 Å². The largest absolute Gasteiger partial charge is 0.396 e. The Morgan fingerprint density at radius 2 is 1.86 bits per heavy atom. The van der Waals surface area contributed by atoms with Crippen LogP contribution in [0.2, 0.25) is 0 Å². The van der Waals surface area contributed by atoms with E-state index in [1.807, 2.05) is 30.3 Å². The number of aliphatic hydroxyl groups excluding tert-OH is 1. The highest BCUT2D eigenvalue weighted by molar-refractivity contribution is 5.13. The maximum atomic E-state index is 8.48. The topological polar surface area (TPSA) is 55.5 Å². The van der Waals surface area contributed by atoms with Crippen molar-refractivity contribution in [1.29, 1.82) is 0 Å². The van der Waals surface area contributed by atoms with Crippen molar-refractivity contribution < 1.29 is 9.84 Å². The highest BCUT2D eigenvalue weighted by atomic mass is 16.5. The minimum Gasteiger partial charge on any atom is -0.396 e. The number of hydrogen-bond donors (Lipinski definition) is 2. The molecule has 0 aliphatic carbocycles. The van der Waals surface area contributed by atoms with Crippen molar-refractivity contribution in [2.45, 2.75) is 13.0 Å². The van der Waals surface area contributed by atoms with Gasteiger partial charge in [-0.15, -0.1) is 0 Å². The number of aliphatic hydroxyl groups is 1. The van der Waals surface area contributed by atoms with E-state index >= 15 is 0 Å². The Labute approximate surface area is 85.5 Å². The second-order valence-corrected chi connectivity index (χ2v) is 2.62. The summed E-state index contributed by atoms with van der Waals surface area (Å²) in [7, 11) is 1.50. The third-order valence-electron chi connectivity index (χ3n) is 1.56. The summed E-state index contributed by atoms with van der Waals surface area (Å²) in [5.74, 6) is 0. The van der Waals surface area contributed by atoms with Gasteiger partial charge in [-0.05, 0) is 19.0 Å². The number of ether oxygens (including phenoxy) is 1. The molecule has 0 aliphatic rings. The average Bonchev–Trinajstić information content (AvgIpc) is 2.29. The molecule has 1 aromatic rings. The van der Waals surface area contributed by atoms with Gasteiger partial charge in [-0.3, -0.25) is 0 Å². The standard InChI is InChI=1S/C10H14O2.CH5N/c11-7-4-8-12-9-10-5-2-1-3-6-10;1-2/h1-3,5-6,11H,4,7-9H2;2H2,1H3. The Balaban J connectivity index is 0.000000791. The molecule has 0 spiro atoms. The van der Waals surface area contributed by atoms with Gasteiger partial charge in [0.05, 0.1) is 6.61 Å². The molecule has 0 unspecified atom stereocenters. The van der Waals surface area contributed by atoms with Crippen LogP contribution in [0.1, 0.15) is 12.0 Å². The third kappa shape index (κ3) is 6.60. The SMILES string of the molecule is CN.OCCCOCc1ccccc1. The van der Waals surface area contributed by atoms with Crippen LogP contribution in [0, 0.1) is 0 Å². The van der Waals surface area contributed by atoms with Crippen LogP contribution in [0.5, 0.6) is 0 Å². The monoisotopic (exact) mass is 197 g/mol. The molecule has 14 heavy (non-hydrogen) atoms. The zero-order valence-corrected chi connectivity index (χ0v) is 8.65. The number of hydrogen-bond acceptors (Lipinski definition) is 3. The lowest BCUT2D eigenvalue weighted by atomic mass is 10.2. The van der Waals surface area contributed by atoms with Crippen LogP contribution in [-0.4, -0.2) is 25.4 Å². The summed E-state index contributed by atoms with van der Waals surface area (Å²) in [5.41, 5.74) is 5.68. The molecule has 0 fully saturated rings. The van der Waals surface area contributed by atoms with Crippen LogP contribution in [0.25, 0.3) is 0 Å². The molecule has 0 aliphatic heterocycles. The molecular formula is C11H19NO2. The molecule has 0 saturated carbocycles. The van der Waals surface area contributed by atoms with E-state index in [1.54, 1.807) is 0 Å². The van der Waals surface area contributed by atoms with E-state index in [2.05, 4.69) is 5.73 Å². The fourth-order valence-corrected chi connectivity index (χ4v) is 0.931. The summed E-state index contributed by atoms with van der Waals surface area (Å²) >= 11 is 0. The van der Waals surface area contributed by atoms with Gasteiger partial charge in [-0.2, -0.15) is 0 Å². The first-order chi connectivity index (χ1) is 6.93. The summed E-state index contributed by atoms with van der Waals surface area (Å²) in [5, 5.41) is 8.48. The second kappa shape index (κ2) is 10.2. The van der Waals surface area contributed by atoms with Gasteiger partial charge in [0.25, 0.3) is 0 Å². The van der Waals surface area contributed by atoms with E-state index in [1.165, 1.54) is 12.6 Å². The second-order valence-electron chi connectivity index (χ2n) is 2.62. The zero-order valence-electron chi connectivity index (χ0n) is 8.65. The van der Waals surface area contributed by atoms with Crippen LogP contribution in [0.3, 0.4) is 0 Å². The predicted octanol–water partition coefficient (Wildman–Crippen LogP) is 1.16. The van der Waals surface area contributed by atoms with E-state index in [0.29, 0.717) is 19.6 Å². The quantitative estimate of drug-likeness (QED) is 0.696. The van der Waals surface area contributed by atoms with Gasteiger partial charge in [-0.1, -0.05) is 30.3 Å². The Kier molecular flexibility index (Phi) is 9.53. The molecule has 80 valence electrons. The lowest BCUT2D eigenvalue weighted by Crippen LogP contribution is -1.97. The van der Waals surface area contributed by atoms with Crippen molar-refractivity contribution in [2.24, 2.45) is 5.73 Å². The van der Waals surface area contributed by atoms with E-state index in [4.69, 9.17) is 9.84 Å². The van der Waals surface area contributed by atoms with Gasteiger partial charge >= 0.3 is 0 Å². The fraction of sp³-hybridized carbons (Fsp3) is 0.455. The molecule has 0 atom stereocenters. The molecule has 0 aromatic heterocycles. The highest BCUT2D eigenvalue weighted by Crippen LogP contribution is 2.00. The summed E-state index contributed by atoms with van der Waals surface area (Å²) in [6.07, 6.45) is 0.715. The zero-order chi connectivity index (χ0) is 10.6. The molecular weight excluding hydrogens is 178 g/mol. The molecule has 1 aromatic carbocycles. The van der Waals surface area contributed by atoms with Crippen molar-refractivity contribution >= 4 is 0 Å². The molecule has 3 N–H and O–H groups in total. The van der Waals surface area contributed by atoms with Crippen LogP contribution < -0.4 is 5.73 Å². The Morgan fingerprint density at radius 3 is 2.43 bits per heavy atom. The van der Waals surface area contributed by atoms with Gasteiger partial charge in [0, 0.05) is 13.2 Å². The predicted molar refractivity (Wildman–Crippen MR) is 57.9 cm³/mol. The Bertz CT molecular complexity index is 202. The molecule has 3 heteroatoms. The van der Waals surface area contributed by atoms with Gasteiger partial charge in [0.2, 0.25) is 0 Å². The van der Waals surface area contributed by atoms with Crippen LogP contribution in [0.4, 0.5) is 0 Å². The highest BCUT2D eigenvalue weighted by Gasteiger charge is 1.90. The van der Waals surface area contributed by atoms with Crippen molar-refractivity contribution in [3.63, 3.8) is 0 Å².